The first-order valence-corrected chi connectivity index (χ1v) is 9.90. The number of halogens is 1. The molecule has 0 saturated heterocycles. The number of hydrogen-bond acceptors (Lipinski definition) is 3. The number of fused-ring (bicyclic) bond motifs is 1. The van der Waals surface area contributed by atoms with E-state index in [1.165, 1.54) is 10.6 Å². The summed E-state index contributed by atoms with van der Waals surface area (Å²) in [6, 6.07) is 18.3. The lowest BCUT2D eigenvalue weighted by Gasteiger charge is -2.24. The van der Waals surface area contributed by atoms with Crippen LogP contribution in [0.25, 0.3) is 10.8 Å². The Bertz CT molecular complexity index is 1000. The number of anilines is 1. The first-order valence-electron chi connectivity index (χ1n) is 7.68. The van der Waals surface area contributed by atoms with Crippen LogP contribution in [-0.4, -0.2) is 21.8 Å². The summed E-state index contributed by atoms with van der Waals surface area (Å²) < 4.78 is 31.5. The Morgan fingerprint density at radius 2 is 1.60 bits per heavy atom. The number of ether oxygens (including phenoxy) is 1. The third kappa shape index (κ3) is 3.72. The predicted octanol–water partition coefficient (Wildman–Crippen LogP) is 4.47. The van der Waals surface area contributed by atoms with Gasteiger partial charge in [0.05, 0.1) is 25.6 Å². The molecule has 3 rings (SSSR count). The van der Waals surface area contributed by atoms with Crippen LogP contribution in [0, 0.1) is 0 Å². The minimum absolute atomic E-state index is 0.231. The summed E-state index contributed by atoms with van der Waals surface area (Å²) in [6.45, 7) is 0.231. The summed E-state index contributed by atoms with van der Waals surface area (Å²) in [4.78, 5) is 0. The van der Waals surface area contributed by atoms with Gasteiger partial charge in [-0.25, -0.2) is 8.42 Å². The molecule has 3 aromatic carbocycles. The van der Waals surface area contributed by atoms with Crippen LogP contribution in [0.4, 0.5) is 5.69 Å². The third-order valence-corrected chi connectivity index (χ3v) is 5.46. The molecule has 0 aliphatic carbocycles. The van der Waals surface area contributed by atoms with Gasteiger partial charge in [-0.2, -0.15) is 0 Å². The predicted molar refractivity (Wildman–Crippen MR) is 103 cm³/mol. The molecule has 0 radical (unpaired) electrons. The van der Waals surface area contributed by atoms with Gasteiger partial charge in [0.2, 0.25) is 10.0 Å². The molecule has 6 heteroatoms. The zero-order valence-corrected chi connectivity index (χ0v) is 15.5. The van der Waals surface area contributed by atoms with E-state index in [-0.39, 0.29) is 6.54 Å². The summed E-state index contributed by atoms with van der Waals surface area (Å²) in [5.74, 6) is 0.728. The summed E-state index contributed by atoms with van der Waals surface area (Å²) in [6.07, 6.45) is 1.21. The molecule has 0 spiro atoms. The summed E-state index contributed by atoms with van der Waals surface area (Å²) in [5, 5.41) is 2.22. The Hall–Kier alpha value is -2.24. The molecule has 0 aliphatic heterocycles. The molecular formula is C19H18ClNO3S. The van der Waals surface area contributed by atoms with Crippen LogP contribution in [0.5, 0.6) is 5.75 Å². The highest BCUT2D eigenvalue weighted by atomic mass is 35.5. The van der Waals surface area contributed by atoms with Gasteiger partial charge >= 0.3 is 0 Å². The Balaban J connectivity index is 2.10. The standard InChI is InChI=1S/C19H18ClNO3S/c1-24-15-9-7-14(8-10-15)13-21(25(2,22)23)19-12-11-18(20)16-5-3-4-6-17(16)19/h3-12H,13H2,1-2H3. The van der Waals surface area contributed by atoms with Gasteiger partial charge < -0.3 is 4.74 Å². The van der Waals surface area contributed by atoms with E-state index in [9.17, 15) is 8.42 Å². The first kappa shape index (κ1) is 17.6. The van der Waals surface area contributed by atoms with Crippen LogP contribution in [0.15, 0.2) is 60.7 Å². The van der Waals surface area contributed by atoms with Gasteiger partial charge in [0, 0.05) is 15.8 Å². The lowest BCUT2D eigenvalue weighted by molar-refractivity contribution is 0.414. The fraction of sp³-hybridized carbons (Fsp3) is 0.158. The Morgan fingerprint density at radius 3 is 2.20 bits per heavy atom. The topological polar surface area (TPSA) is 46.6 Å². The van der Waals surface area contributed by atoms with Gasteiger partial charge in [0.1, 0.15) is 5.75 Å². The van der Waals surface area contributed by atoms with Crippen molar-refractivity contribution in [3.8, 4) is 5.75 Å². The van der Waals surface area contributed by atoms with Crippen molar-refractivity contribution in [3.63, 3.8) is 0 Å². The number of nitrogens with zero attached hydrogens (tertiary/aromatic N) is 1. The molecular weight excluding hydrogens is 358 g/mol. The van der Waals surface area contributed by atoms with Crippen molar-refractivity contribution in [2.45, 2.75) is 6.54 Å². The van der Waals surface area contributed by atoms with Crippen molar-refractivity contribution in [2.75, 3.05) is 17.7 Å². The molecule has 0 bridgehead atoms. The molecule has 0 atom stereocenters. The number of benzene rings is 3. The van der Waals surface area contributed by atoms with Gasteiger partial charge in [-0.1, -0.05) is 48.0 Å². The minimum atomic E-state index is -3.48. The van der Waals surface area contributed by atoms with Crippen LogP contribution in [-0.2, 0) is 16.6 Å². The second kappa shape index (κ2) is 6.94. The van der Waals surface area contributed by atoms with Crippen LogP contribution < -0.4 is 9.04 Å². The van der Waals surface area contributed by atoms with Crippen molar-refractivity contribution in [1.29, 1.82) is 0 Å². The highest BCUT2D eigenvalue weighted by Gasteiger charge is 2.20. The Morgan fingerprint density at radius 1 is 0.960 bits per heavy atom. The van der Waals surface area contributed by atoms with Crippen LogP contribution >= 0.6 is 11.6 Å². The maximum Gasteiger partial charge on any atom is 0.232 e. The van der Waals surface area contributed by atoms with Gasteiger partial charge in [0.15, 0.2) is 0 Å². The number of sulfonamides is 1. The van der Waals surface area contributed by atoms with Crippen molar-refractivity contribution in [1.82, 2.24) is 0 Å². The molecule has 0 saturated carbocycles. The van der Waals surface area contributed by atoms with Crippen LogP contribution in [0.1, 0.15) is 5.56 Å². The quantitative estimate of drug-likeness (QED) is 0.661. The van der Waals surface area contributed by atoms with E-state index >= 15 is 0 Å². The number of methoxy groups -OCH3 is 1. The van der Waals surface area contributed by atoms with Gasteiger partial charge in [-0.05, 0) is 29.8 Å². The SMILES string of the molecule is COc1ccc(CN(c2ccc(Cl)c3ccccc23)S(C)(=O)=O)cc1. The smallest absolute Gasteiger partial charge is 0.232 e. The van der Waals surface area contributed by atoms with Gasteiger partial charge in [-0.3, -0.25) is 4.31 Å². The number of hydrogen-bond donors (Lipinski definition) is 0. The van der Waals surface area contributed by atoms with E-state index in [0.29, 0.717) is 10.7 Å². The van der Waals surface area contributed by atoms with E-state index in [2.05, 4.69) is 0 Å². The van der Waals surface area contributed by atoms with E-state index in [1.807, 2.05) is 48.5 Å². The fourth-order valence-electron chi connectivity index (χ4n) is 2.74. The molecule has 0 heterocycles. The maximum atomic E-state index is 12.5. The van der Waals surface area contributed by atoms with Crippen molar-refractivity contribution in [3.05, 3.63) is 71.2 Å². The lowest BCUT2D eigenvalue weighted by Crippen LogP contribution is -2.29. The molecule has 0 aromatic heterocycles. The Labute approximate surface area is 152 Å². The zero-order valence-electron chi connectivity index (χ0n) is 13.9. The maximum absolute atomic E-state index is 12.5. The lowest BCUT2D eigenvalue weighted by atomic mass is 10.1. The summed E-state index contributed by atoms with van der Waals surface area (Å²) >= 11 is 6.26. The molecule has 0 N–H and O–H groups in total. The van der Waals surface area contributed by atoms with Crippen molar-refractivity contribution < 1.29 is 13.2 Å². The van der Waals surface area contributed by atoms with Gasteiger partial charge in [0.25, 0.3) is 0 Å². The van der Waals surface area contributed by atoms with Crippen LogP contribution in [0.2, 0.25) is 5.02 Å². The molecule has 3 aromatic rings. The third-order valence-electron chi connectivity index (χ3n) is 4.00. The molecule has 0 fully saturated rings. The fourth-order valence-corrected chi connectivity index (χ4v) is 3.87. The Kier molecular flexibility index (Phi) is 4.88. The van der Waals surface area contributed by atoms with E-state index < -0.39 is 10.0 Å². The molecule has 0 unspecified atom stereocenters. The molecule has 25 heavy (non-hydrogen) atoms. The highest BCUT2D eigenvalue weighted by molar-refractivity contribution is 7.92. The van der Waals surface area contributed by atoms with E-state index in [0.717, 1.165) is 22.1 Å². The average molecular weight is 376 g/mol. The molecule has 4 nitrogen and oxygen atoms in total. The minimum Gasteiger partial charge on any atom is -0.497 e. The normalized spacial score (nSPS) is 11.5. The monoisotopic (exact) mass is 375 g/mol. The molecule has 130 valence electrons. The highest BCUT2D eigenvalue weighted by Crippen LogP contribution is 2.34. The van der Waals surface area contributed by atoms with E-state index in [1.54, 1.807) is 19.2 Å². The zero-order chi connectivity index (χ0) is 18.0. The van der Waals surface area contributed by atoms with Crippen molar-refractivity contribution >= 4 is 38.1 Å². The average Bonchev–Trinajstić information content (AvgIpc) is 2.60. The second-order valence-corrected chi connectivity index (χ2v) is 8.04. The molecule has 0 aliphatic rings. The number of rotatable bonds is 5. The molecule has 0 amide bonds. The second-order valence-electron chi connectivity index (χ2n) is 5.73. The van der Waals surface area contributed by atoms with E-state index in [4.69, 9.17) is 16.3 Å². The first-order chi connectivity index (χ1) is 11.9. The summed E-state index contributed by atoms with van der Waals surface area (Å²) in [5.41, 5.74) is 1.48. The van der Waals surface area contributed by atoms with Crippen LogP contribution in [0.3, 0.4) is 0 Å². The largest absolute Gasteiger partial charge is 0.497 e. The van der Waals surface area contributed by atoms with Gasteiger partial charge in [-0.15, -0.1) is 0 Å². The summed E-state index contributed by atoms with van der Waals surface area (Å²) in [7, 11) is -1.88. The van der Waals surface area contributed by atoms with Crippen molar-refractivity contribution in [2.24, 2.45) is 0 Å².